The molecule has 1 aliphatic rings. The molecule has 0 aliphatic carbocycles. The highest BCUT2D eigenvalue weighted by Gasteiger charge is 2.17. The zero-order valence-corrected chi connectivity index (χ0v) is 9.76. The third-order valence-electron chi connectivity index (χ3n) is 2.93. The Hall–Kier alpha value is -2.13. The quantitative estimate of drug-likeness (QED) is 0.648. The van der Waals surface area contributed by atoms with Gasteiger partial charge in [0.1, 0.15) is 11.6 Å². The summed E-state index contributed by atoms with van der Waals surface area (Å²) in [5.74, 6) is 0.464. The Balaban J connectivity index is 2.05. The number of ether oxygens (including phenoxy) is 1. The van der Waals surface area contributed by atoms with Gasteiger partial charge in [0, 0.05) is 30.8 Å². The van der Waals surface area contributed by atoms with Crippen molar-refractivity contribution in [2.75, 3.05) is 25.1 Å². The van der Waals surface area contributed by atoms with E-state index in [1.54, 1.807) is 6.07 Å². The van der Waals surface area contributed by atoms with Gasteiger partial charge in [-0.3, -0.25) is 10.1 Å². The van der Waals surface area contributed by atoms with Gasteiger partial charge in [-0.25, -0.2) is 0 Å². The zero-order chi connectivity index (χ0) is 13.0. The Morgan fingerprint density at radius 3 is 3.06 bits per heavy atom. The predicted molar refractivity (Wildman–Crippen MR) is 65.2 cm³/mol. The first-order valence-electron chi connectivity index (χ1n) is 5.71. The van der Waals surface area contributed by atoms with Crippen molar-refractivity contribution in [1.82, 2.24) is 0 Å². The van der Waals surface area contributed by atoms with Crippen LogP contribution in [0.3, 0.4) is 0 Å². The van der Waals surface area contributed by atoms with E-state index in [0.29, 0.717) is 5.92 Å². The maximum absolute atomic E-state index is 10.7. The van der Waals surface area contributed by atoms with Crippen LogP contribution in [0.15, 0.2) is 18.2 Å². The van der Waals surface area contributed by atoms with Crippen LogP contribution < -0.4 is 5.32 Å². The zero-order valence-electron chi connectivity index (χ0n) is 9.76. The maximum Gasteiger partial charge on any atom is 0.287 e. The van der Waals surface area contributed by atoms with Crippen molar-refractivity contribution >= 4 is 11.4 Å². The molecule has 18 heavy (non-hydrogen) atoms. The lowest BCUT2D eigenvalue weighted by Gasteiger charge is -2.10. The normalized spacial score (nSPS) is 18.3. The minimum Gasteiger partial charge on any atom is -0.385 e. The molecule has 6 heteroatoms. The molecule has 94 valence electrons. The molecule has 1 N–H and O–H groups in total. The van der Waals surface area contributed by atoms with Crippen LogP contribution >= 0.6 is 0 Å². The molecule has 0 spiro atoms. The van der Waals surface area contributed by atoms with E-state index in [1.165, 1.54) is 12.1 Å². The summed E-state index contributed by atoms with van der Waals surface area (Å²) in [5.41, 5.74) is 0.643. The second-order valence-corrected chi connectivity index (χ2v) is 4.21. The van der Waals surface area contributed by atoms with Crippen molar-refractivity contribution in [2.24, 2.45) is 5.92 Å². The summed E-state index contributed by atoms with van der Waals surface area (Å²) in [6.07, 6.45) is 1.02. The molecule has 0 radical (unpaired) electrons. The summed E-state index contributed by atoms with van der Waals surface area (Å²) < 4.78 is 5.26. The third-order valence-corrected chi connectivity index (χ3v) is 2.93. The van der Waals surface area contributed by atoms with Gasteiger partial charge in [-0.2, -0.15) is 5.26 Å². The molecule has 1 atom stereocenters. The summed E-state index contributed by atoms with van der Waals surface area (Å²) in [6.45, 7) is 2.28. The van der Waals surface area contributed by atoms with E-state index in [2.05, 4.69) is 5.32 Å². The van der Waals surface area contributed by atoms with Gasteiger partial charge in [0.05, 0.1) is 11.5 Å². The van der Waals surface area contributed by atoms with E-state index >= 15 is 0 Å². The van der Waals surface area contributed by atoms with E-state index in [-0.39, 0.29) is 11.3 Å². The van der Waals surface area contributed by atoms with Crippen molar-refractivity contribution in [2.45, 2.75) is 6.42 Å². The first-order valence-corrected chi connectivity index (χ1v) is 5.71. The van der Waals surface area contributed by atoms with Crippen LogP contribution in [0.2, 0.25) is 0 Å². The lowest BCUT2D eigenvalue weighted by atomic mass is 10.1. The smallest absolute Gasteiger partial charge is 0.287 e. The van der Waals surface area contributed by atoms with Gasteiger partial charge in [-0.1, -0.05) is 0 Å². The number of nitro groups is 1. The fraction of sp³-hybridized carbons (Fsp3) is 0.417. The van der Waals surface area contributed by atoms with Crippen LogP contribution in [0, 0.1) is 27.4 Å². The molecule has 6 nitrogen and oxygen atoms in total. The average molecular weight is 247 g/mol. The molecule has 0 saturated carbocycles. The van der Waals surface area contributed by atoms with Gasteiger partial charge in [-0.15, -0.1) is 0 Å². The Kier molecular flexibility index (Phi) is 3.75. The van der Waals surface area contributed by atoms with Crippen LogP contribution in [0.4, 0.5) is 11.4 Å². The Bertz CT molecular complexity index is 490. The summed E-state index contributed by atoms with van der Waals surface area (Å²) in [7, 11) is 0. The number of nitrogens with zero attached hydrogens (tertiary/aromatic N) is 2. The summed E-state index contributed by atoms with van der Waals surface area (Å²) in [5, 5.41) is 22.7. The second-order valence-electron chi connectivity index (χ2n) is 4.21. The van der Waals surface area contributed by atoms with Crippen LogP contribution in [0.25, 0.3) is 0 Å². The molecule has 0 bridgehead atoms. The van der Waals surface area contributed by atoms with Gasteiger partial charge >= 0.3 is 0 Å². The van der Waals surface area contributed by atoms with E-state index < -0.39 is 4.92 Å². The summed E-state index contributed by atoms with van der Waals surface area (Å²) in [6, 6.07) is 6.32. The highest BCUT2D eigenvalue weighted by Crippen LogP contribution is 2.22. The fourth-order valence-corrected chi connectivity index (χ4v) is 1.90. The largest absolute Gasteiger partial charge is 0.385 e. The average Bonchev–Trinajstić information content (AvgIpc) is 2.88. The molecule has 1 aromatic carbocycles. The predicted octanol–water partition coefficient (Wildman–Crippen LogP) is 1.91. The molecule has 1 aliphatic heterocycles. The Labute approximate surface area is 104 Å². The standard InChI is InChI=1S/C12H13N3O3/c13-6-10-5-11(1-2-12(10)15(16)17)14-7-9-3-4-18-8-9/h1-2,5,9,14H,3-4,7-8H2. The third kappa shape index (κ3) is 2.76. The number of hydrogen-bond acceptors (Lipinski definition) is 5. The monoisotopic (exact) mass is 247 g/mol. The molecule has 1 unspecified atom stereocenters. The number of hydrogen-bond donors (Lipinski definition) is 1. The maximum atomic E-state index is 10.7. The van der Waals surface area contributed by atoms with E-state index in [0.717, 1.165) is 31.9 Å². The molecular weight excluding hydrogens is 234 g/mol. The van der Waals surface area contributed by atoms with Gasteiger partial charge in [0.15, 0.2) is 0 Å². The van der Waals surface area contributed by atoms with Crippen molar-refractivity contribution in [1.29, 1.82) is 5.26 Å². The molecular formula is C12H13N3O3. The molecule has 1 aromatic rings. The Morgan fingerprint density at radius 2 is 2.44 bits per heavy atom. The lowest BCUT2D eigenvalue weighted by molar-refractivity contribution is -0.385. The summed E-state index contributed by atoms with van der Waals surface area (Å²) >= 11 is 0. The molecule has 0 amide bonds. The number of benzene rings is 1. The minimum absolute atomic E-state index is 0.0765. The molecule has 1 fully saturated rings. The second kappa shape index (κ2) is 5.47. The molecule has 0 aromatic heterocycles. The number of nitrogens with one attached hydrogen (secondary N) is 1. The first-order chi connectivity index (χ1) is 8.70. The number of rotatable bonds is 4. The van der Waals surface area contributed by atoms with Crippen molar-refractivity contribution in [3.63, 3.8) is 0 Å². The van der Waals surface area contributed by atoms with E-state index in [4.69, 9.17) is 10.00 Å². The minimum atomic E-state index is -0.548. The highest BCUT2D eigenvalue weighted by molar-refractivity contribution is 5.58. The highest BCUT2D eigenvalue weighted by atomic mass is 16.6. The van der Waals surface area contributed by atoms with Crippen LogP contribution in [0.5, 0.6) is 0 Å². The van der Waals surface area contributed by atoms with Crippen molar-refractivity contribution in [3.8, 4) is 6.07 Å². The van der Waals surface area contributed by atoms with Crippen LogP contribution in [0.1, 0.15) is 12.0 Å². The molecule has 1 heterocycles. The molecule has 1 saturated heterocycles. The van der Waals surface area contributed by atoms with Gasteiger partial charge in [0.2, 0.25) is 0 Å². The van der Waals surface area contributed by atoms with Gasteiger partial charge in [0.25, 0.3) is 5.69 Å². The SMILES string of the molecule is N#Cc1cc(NCC2CCOC2)ccc1[N+](=O)[O-]. The number of anilines is 1. The Morgan fingerprint density at radius 1 is 1.61 bits per heavy atom. The van der Waals surface area contributed by atoms with Crippen molar-refractivity contribution < 1.29 is 9.66 Å². The topological polar surface area (TPSA) is 88.2 Å². The van der Waals surface area contributed by atoms with Gasteiger partial charge in [-0.05, 0) is 18.6 Å². The summed E-state index contributed by atoms with van der Waals surface area (Å²) in [4.78, 5) is 10.1. The van der Waals surface area contributed by atoms with Crippen LogP contribution in [-0.4, -0.2) is 24.7 Å². The fourth-order valence-electron chi connectivity index (χ4n) is 1.90. The first kappa shape index (κ1) is 12.3. The number of nitro benzene ring substituents is 1. The lowest BCUT2D eigenvalue weighted by Crippen LogP contribution is -2.14. The van der Waals surface area contributed by atoms with Gasteiger partial charge < -0.3 is 10.1 Å². The van der Waals surface area contributed by atoms with Crippen molar-refractivity contribution in [3.05, 3.63) is 33.9 Å². The molecule has 2 rings (SSSR count). The van der Waals surface area contributed by atoms with E-state index in [9.17, 15) is 10.1 Å². The van der Waals surface area contributed by atoms with E-state index in [1.807, 2.05) is 6.07 Å². The number of nitriles is 1. The van der Waals surface area contributed by atoms with Crippen LogP contribution in [-0.2, 0) is 4.74 Å².